The van der Waals surface area contributed by atoms with E-state index >= 15 is 0 Å². The number of hydrogen-bond donors (Lipinski definition) is 2. The van der Waals surface area contributed by atoms with Gasteiger partial charge in [-0.3, -0.25) is 24.1 Å². The Morgan fingerprint density at radius 2 is 1.71 bits per heavy atom. The second-order valence-corrected chi connectivity index (χ2v) is 11.8. The number of halogens is 3. The van der Waals surface area contributed by atoms with Gasteiger partial charge in [0.25, 0.3) is 11.8 Å². The average Bonchev–Trinajstić information content (AvgIpc) is 3.23. The van der Waals surface area contributed by atoms with E-state index < -0.39 is 63.1 Å². The van der Waals surface area contributed by atoms with Gasteiger partial charge >= 0.3 is 6.03 Å². The van der Waals surface area contributed by atoms with Crippen LogP contribution in [0.4, 0.5) is 4.79 Å². The summed E-state index contributed by atoms with van der Waals surface area (Å²) in [6, 6.07) is 8.93. The van der Waals surface area contributed by atoms with E-state index in [0.717, 1.165) is 4.90 Å². The first-order valence-electron chi connectivity index (χ1n) is 11.9. The number of carbonyl (C=O) groups excluding carboxylic acids is 5. The molecule has 6 atom stereocenters. The van der Waals surface area contributed by atoms with Crippen LogP contribution in [-0.4, -0.2) is 59.8 Å². The molecule has 9 nitrogen and oxygen atoms in total. The fourth-order valence-corrected chi connectivity index (χ4v) is 8.29. The number of rotatable bonds is 2. The van der Waals surface area contributed by atoms with Gasteiger partial charge in [0.2, 0.25) is 11.8 Å². The first-order valence-corrected chi connectivity index (χ1v) is 13.7. The number of urea groups is 1. The van der Waals surface area contributed by atoms with Crippen molar-refractivity contribution in [3.05, 3.63) is 53.6 Å². The van der Waals surface area contributed by atoms with E-state index in [1.165, 1.54) is 6.07 Å². The second-order valence-electron chi connectivity index (χ2n) is 10.1. The molecule has 0 aromatic heterocycles. The lowest BCUT2D eigenvalue weighted by Crippen LogP contribution is -2.60. The number of hydrogen-bond acceptors (Lipinski definition) is 6. The van der Waals surface area contributed by atoms with E-state index in [2.05, 4.69) is 15.9 Å². The van der Waals surface area contributed by atoms with E-state index in [1.807, 2.05) is 0 Å². The number of imide groups is 4. The van der Waals surface area contributed by atoms with Crippen molar-refractivity contribution in [1.82, 2.24) is 9.80 Å². The molecule has 4 aliphatic rings. The van der Waals surface area contributed by atoms with Crippen LogP contribution in [0, 0.1) is 17.8 Å². The molecular weight excluding hydrogens is 601 g/mol. The minimum absolute atomic E-state index is 0.0136. The molecule has 3 N–H and O–H groups in total. The Kier molecular flexibility index (Phi) is 5.52. The Balaban J connectivity index is 1.63. The van der Waals surface area contributed by atoms with Gasteiger partial charge in [-0.15, -0.1) is 23.2 Å². The zero-order valence-electron chi connectivity index (χ0n) is 19.6. The van der Waals surface area contributed by atoms with E-state index in [4.69, 9.17) is 28.9 Å². The topological polar surface area (TPSA) is 138 Å². The molecule has 2 heterocycles. The van der Waals surface area contributed by atoms with Crippen molar-refractivity contribution in [1.29, 1.82) is 0 Å². The zero-order valence-corrected chi connectivity index (χ0v) is 22.7. The number of fused-ring (bicyclic) bond motifs is 5. The maximum Gasteiger partial charge on any atom is 0.328 e. The van der Waals surface area contributed by atoms with Gasteiger partial charge in [0.05, 0.1) is 17.3 Å². The fraction of sp³-hybridized carbons (Fsp3) is 0.346. The zero-order chi connectivity index (χ0) is 27.3. The lowest BCUT2D eigenvalue weighted by Gasteiger charge is -2.51. The summed E-state index contributed by atoms with van der Waals surface area (Å²) in [6.07, 6.45) is 1.68. The molecule has 0 bridgehead atoms. The minimum Gasteiger partial charge on any atom is -0.507 e. The van der Waals surface area contributed by atoms with Crippen molar-refractivity contribution in [2.24, 2.45) is 23.5 Å². The summed E-state index contributed by atoms with van der Waals surface area (Å²) in [5, 5.41) is 11.6. The van der Waals surface area contributed by atoms with Crippen LogP contribution in [-0.2, 0) is 19.2 Å². The first-order chi connectivity index (χ1) is 18.0. The summed E-state index contributed by atoms with van der Waals surface area (Å²) in [5.74, 6) is -6.46. The van der Waals surface area contributed by atoms with Gasteiger partial charge in [-0.05, 0) is 35.8 Å². The monoisotopic (exact) mass is 619 g/mol. The summed E-state index contributed by atoms with van der Waals surface area (Å²) in [4.78, 5) is 63.3. The molecule has 2 saturated heterocycles. The van der Waals surface area contributed by atoms with E-state index in [-0.39, 0.29) is 24.0 Å². The number of allylic oxidation sites excluding steroid dienone is 2. The van der Waals surface area contributed by atoms with E-state index in [1.54, 1.807) is 36.4 Å². The number of carbonyl (C=O) groups is 5. The van der Waals surface area contributed by atoms with Gasteiger partial charge in [0, 0.05) is 11.3 Å². The minimum atomic E-state index is -1.97. The molecule has 2 aromatic rings. The molecule has 1 saturated carbocycles. The van der Waals surface area contributed by atoms with Crippen LogP contribution in [0.3, 0.4) is 0 Å². The highest BCUT2D eigenvalue weighted by Gasteiger charge is 2.76. The third-order valence-corrected chi connectivity index (χ3v) is 10.4. The third-order valence-electron chi connectivity index (χ3n) is 8.48. The number of nitrogens with zero attached hydrogens (tertiary/aromatic N) is 2. The first kappa shape index (κ1) is 25.3. The smallest absolute Gasteiger partial charge is 0.328 e. The lowest BCUT2D eigenvalue weighted by molar-refractivity contribution is -0.139. The Labute approximate surface area is 234 Å². The fourth-order valence-electron chi connectivity index (χ4n) is 6.87. The summed E-state index contributed by atoms with van der Waals surface area (Å²) in [6.45, 7) is 0. The molecule has 0 spiro atoms. The van der Waals surface area contributed by atoms with Gasteiger partial charge < -0.3 is 10.8 Å². The van der Waals surface area contributed by atoms with Gasteiger partial charge in [0.15, 0.2) is 9.75 Å². The standard InChI is InChI=1S/C26H20BrCl2N3O6/c27-10-31-22(36)25(28)9-16-14(5-6-15-18(16)21(35)32(20(15)34)24(30)38)19(26(25,29)23(31)37)13-7-8-17(33)12-4-2-1-3-11(12)13/h1-5,7-8,15-16,18-19,33H,6,9-10H2,(H2,30,38). The van der Waals surface area contributed by atoms with Gasteiger partial charge in [-0.1, -0.05) is 57.9 Å². The number of amides is 6. The number of phenols is 1. The van der Waals surface area contributed by atoms with Crippen molar-refractivity contribution < 1.29 is 29.1 Å². The number of benzene rings is 2. The highest BCUT2D eigenvalue weighted by molar-refractivity contribution is 9.09. The van der Waals surface area contributed by atoms with Crippen LogP contribution in [0.1, 0.15) is 24.3 Å². The molecule has 6 amide bonds. The molecule has 6 rings (SSSR count). The quantitative estimate of drug-likeness (QED) is 0.229. The number of primary amides is 1. The lowest BCUT2D eigenvalue weighted by atomic mass is 9.56. The van der Waals surface area contributed by atoms with Crippen LogP contribution in [0.15, 0.2) is 48.0 Å². The second kappa shape index (κ2) is 8.27. The summed E-state index contributed by atoms with van der Waals surface area (Å²) in [5.41, 5.74) is 6.33. The highest BCUT2D eigenvalue weighted by atomic mass is 79.9. The predicted molar refractivity (Wildman–Crippen MR) is 140 cm³/mol. The molecule has 6 unspecified atom stereocenters. The van der Waals surface area contributed by atoms with Crippen molar-refractivity contribution in [2.75, 3.05) is 5.45 Å². The number of phenolic OH excluding ortho intramolecular Hbond substituents is 1. The number of nitrogens with two attached hydrogens (primary N) is 1. The van der Waals surface area contributed by atoms with Crippen LogP contribution in [0.25, 0.3) is 10.8 Å². The largest absolute Gasteiger partial charge is 0.507 e. The Morgan fingerprint density at radius 1 is 1.03 bits per heavy atom. The number of aromatic hydroxyl groups is 1. The molecule has 2 aliphatic carbocycles. The van der Waals surface area contributed by atoms with Crippen LogP contribution < -0.4 is 5.73 Å². The normalized spacial score (nSPS) is 34.3. The van der Waals surface area contributed by atoms with E-state index in [0.29, 0.717) is 26.8 Å². The molecule has 2 aliphatic heterocycles. The molecule has 0 radical (unpaired) electrons. The molecule has 12 heteroatoms. The van der Waals surface area contributed by atoms with Crippen molar-refractivity contribution in [3.63, 3.8) is 0 Å². The van der Waals surface area contributed by atoms with Gasteiger partial charge in [-0.2, -0.15) is 4.90 Å². The maximum atomic E-state index is 13.8. The third kappa shape index (κ3) is 2.91. The molecule has 38 heavy (non-hydrogen) atoms. The molecule has 196 valence electrons. The van der Waals surface area contributed by atoms with Crippen molar-refractivity contribution in [2.45, 2.75) is 28.5 Å². The Hall–Kier alpha value is -2.95. The SMILES string of the molecule is NC(=O)N1C(=O)C2CC=C3C(CC4(Cl)C(=O)N(CBr)C(=O)C4(Cl)C3c3ccc(O)c4ccccc34)C2C1=O. The highest BCUT2D eigenvalue weighted by Crippen LogP contribution is 2.66. The van der Waals surface area contributed by atoms with Crippen LogP contribution >= 0.6 is 39.1 Å². The summed E-state index contributed by atoms with van der Waals surface area (Å²) >= 11 is 17.6. The predicted octanol–water partition coefficient (Wildman–Crippen LogP) is 3.34. The summed E-state index contributed by atoms with van der Waals surface area (Å²) in [7, 11) is 0. The number of alkyl halides is 3. The van der Waals surface area contributed by atoms with Gasteiger partial charge in [0.1, 0.15) is 5.75 Å². The van der Waals surface area contributed by atoms with Gasteiger partial charge in [-0.25, -0.2) is 4.79 Å². The van der Waals surface area contributed by atoms with Crippen molar-refractivity contribution in [3.8, 4) is 5.75 Å². The molecule has 3 fully saturated rings. The number of likely N-dealkylation sites (tertiary alicyclic amines) is 2. The Morgan fingerprint density at radius 3 is 2.37 bits per heavy atom. The maximum absolute atomic E-state index is 13.8. The molecule has 2 aromatic carbocycles. The average molecular weight is 621 g/mol. The van der Waals surface area contributed by atoms with Crippen LogP contribution in [0.5, 0.6) is 5.75 Å². The van der Waals surface area contributed by atoms with Crippen LogP contribution in [0.2, 0.25) is 0 Å². The van der Waals surface area contributed by atoms with E-state index in [9.17, 15) is 29.1 Å². The summed E-state index contributed by atoms with van der Waals surface area (Å²) < 4.78 is 0. The molecular formula is C26H20BrCl2N3O6. The van der Waals surface area contributed by atoms with Crippen molar-refractivity contribution >= 4 is 79.6 Å². The Bertz CT molecular complexity index is 1530.